The van der Waals surface area contributed by atoms with Gasteiger partial charge in [0.05, 0.1) is 6.61 Å². The summed E-state index contributed by atoms with van der Waals surface area (Å²) in [6.45, 7) is 3.90. The topological polar surface area (TPSA) is 15.7 Å². The minimum Gasteiger partial charge on any atom is -0.303 e. The van der Waals surface area contributed by atoms with Gasteiger partial charge in [-0.05, 0) is 16.4 Å². The van der Waals surface area contributed by atoms with Crippen LogP contribution in [0.1, 0.15) is 0 Å². The highest BCUT2D eigenvalue weighted by atomic mass is 31.0. The fraction of sp³-hybridized carbons (Fsp3) is 1.00. The Morgan fingerprint density at radius 3 is 2.89 bits per heavy atom. The smallest absolute Gasteiger partial charge is 0.0815 e. The molecule has 3 nitrogen and oxygen atoms in total. The second-order valence-corrected chi connectivity index (χ2v) is 2.85. The molecule has 54 valence electrons. The first kappa shape index (κ1) is 7.42. The monoisotopic (exact) mass is 148 g/mol. The average Bonchev–Trinajstić information content (AvgIpc) is 1.97. The van der Waals surface area contributed by atoms with Crippen molar-refractivity contribution in [2.75, 3.05) is 33.3 Å². The lowest BCUT2D eigenvalue weighted by Crippen LogP contribution is -2.23. The van der Waals surface area contributed by atoms with Crippen molar-refractivity contribution in [1.29, 1.82) is 0 Å². The molecule has 0 bridgehead atoms. The SMILES string of the molecule is CN1CCON(P)CC1. The molecule has 1 atom stereocenters. The third-order valence-electron chi connectivity index (χ3n) is 1.43. The van der Waals surface area contributed by atoms with E-state index in [0.29, 0.717) is 0 Å². The lowest BCUT2D eigenvalue weighted by molar-refractivity contribution is -0.0621. The van der Waals surface area contributed by atoms with Crippen LogP contribution < -0.4 is 0 Å². The number of rotatable bonds is 0. The highest BCUT2D eigenvalue weighted by molar-refractivity contribution is 7.13. The molecule has 0 amide bonds. The minimum atomic E-state index is 0.806. The molecule has 1 fully saturated rings. The first-order valence-electron chi connectivity index (χ1n) is 3.13. The van der Waals surface area contributed by atoms with Gasteiger partial charge in [-0.25, -0.2) is 0 Å². The third kappa shape index (κ3) is 2.59. The highest BCUT2D eigenvalue weighted by Gasteiger charge is 2.07. The summed E-state index contributed by atoms with van der Waals surface area (Å²) < 4.78 is 0. The van der Waals surface area contributed by atoms with Crippen molar-refractivity contribution in [2.45, 2.75) is 0 Å². The molecular weight excluding hydrogens is 135 g/mol. The van der Waals surface area contributed by atoms with Gasteiger partial charge in [-0.1, -0.05) is 0 Å². The molecular formula is C5H13N2OP. The largest absolute Gasteiger partial charge is 0.303 e. The van der Waals surface area contributed by atoms with E-state index in [-0.39, 0.29) is 0 Å². The van der Waals surface area contributed by atoms with E-state index in [1.165, 1.54) is 0 Å². The van der Waals surface area contributed by atoms with Crippen LogP contribution in [0.4, 0.5) is 0 Å². The van der Waals surface area contributed by atoms with Crippen molar-refractivity contribution in [3.63, 3.8) is 0 Å². The second kappa shape index (κ2) is 3.47. The molecule has 0 saturated carbocycles. The molecule has 4 heteroatoms. The van der Waals surface area contributed by atoms with Crippen LogP contribution in [0.2, 0.25) is 0 Å². The first-order valence-corrected chi connectivity index (χ1v) is 3.64. The molecule has 0 aromatic heterocycles. The standard InChI is InChI=1S/C5H13N2OP/c1-6-2-3-7(9)8-5-4-6/h2-5,9H2,1H3. The highest BCUT2D eigenvalue weighted by Crippen LogP contribution is 2.02. The van der Waals surface area contributed by atoms with E-state index in [4.69, 9.17) is 4.84 Å². The molecule has 1 rings (SSSR count). The molecule has 0 spiro atoms. The van der Waals surface area contributed by atoms with Crippen LogP contribution in [0.5, 0.6) is 0 Å². The molecule has 1 unspecified atom stereocenters. The quantitative estimate of drug-likeness (QED) is 0.448. The fourth-order valence-electron chi connectivity index (χ4n) is 0.760. The molecule has 0 radical (unpaired) electrons. The molecule has 0 N–H and O–H groups in total. The molecule has 1 heterocycles. The van der Waals surface area contributed by atoms with Gasteiger partial charge in [0.15, 0.2) is 0 Å². The van der Waals surface area contributed by atoms with Crippen molar-refractivity contribution >= 4 is 9.39 Å². The van der Waals surface area contributed by atoms with Gasteiger partial charge < -0.3 is 4.90 Å². The molecule has 9 heavy (non-hydrogen) atoms. The Morgan fingerprint density at radius 1 is 1.33 bits per heavy atom. The summed E-state index contributed by atoms with van der Waals surface area (Å²) in [6.07, 6.45) is 0. The third-order valence-corrected chi connectivity index (χ3v) is 1.84. The number of hydrogen-bond donors (Lipinski definition) is 0. The van der Waals surface area contributed by atoms with Gasteiger partial charge in [-0.3, -0.25) is 4.84 Å². The summed E-state index contributed by atoms with van der Waals surface area (Å²) in [7, 11) is 4.64. The van der Waals surface area contributed by atoms with E-state index < -0.39 is 0 Å². The molecule has 0 aromatic carbocycles. The molecule has 0 aliphatic carbocycles. The predicted molar refractivity (Wildman–Crippen MR) is 39.9 cm³/mol. The molecule has 1 saturated heterocycles. The van der Waals surface area contributed by atoms with Gasteiger partial charge in [-0.15, -0.1) is 0 Å². The van der Waals surface area contributed by atoms with Crippen molar-refractivity contribution in [3.8, 4) is 0 Å². The normalized spacial score (nSPS) is 26.0. The first-order chi connectivity index (χ1) is 4.29. The van der Waals surface area contributed by atoms with Crippen molar-refractivity contribution in [3.05, 3.63) is 0 Å². The molecule has 0 aromatic rings. The maximum Gasteiger partial charge on any atom is 0.0815 e. The van der Waals surface area contributed by atoms with Gasteiger partial charge in [0.1, 0.15) is 0 Å². The second-order valence-electron chi connectivity index (χ2n) is 2.28. The number of hydrogen-bond acceptors (Lipinski definition) is 3. The Balaban J connectivity index is 2.25. The van der Waals surface area contributed by atoms with E-state index in [0.717, 1.165) is 26.2 Å². The summed E-state index contributed by atoms with van der Waals surface area (Å²) >= 11 is 0. The Kier molecular flexibility index (Phi) is 2.86. The fourth-order valence-corrected chi connectivity index (χ4v) is 0.980. The maximum atomic E-state index is 5.23. The number of nitrogens with zero attached hydrogens (tertiary/aromatic N) is 2. The van der Waals surface area contributed by atoms with E-state index >= 15 is 0 Å². The zero-order chi connectivity index (χ0) is 6.69. The van der Waals surface area contributed by atoms with Crippen LogP contribution >= 0.6 is 9.39 Å². The number of likely N-dealkylation sites (N-methyl/N-ethyl adjacent to an activating group) is 1. The van der Waals surface area contributed by atoms with E-state index in [9.17, 15) is 0 Å². The Bertz CT molecular complexity index is 81.0. The van der Waals surface area contributed by atoms with Gasteiger partial charge in [0.25, 0.3) is 0 Å². The van der Waals surface area contributed by atoms with E-state index in [1.807, 2.05) is 4.83 Å². The Labute approximate surface area is 58.2 Å². The maximum absolute atomic E-state index is 5.23. The zero-order valence-corrected chi connectivity index (χ0v) is 6.86. The minimum absolute atomic E-state index is 0.806. The van der Waals surface area contributed by atoms with E-state index in [1.54, 1.807) is 0 Å². The van der Waals surface area contributed by atoms with Crippen molar-refractivity contribution in [2.24, 2.45) is 0 Å². The van der Waals surface area contributed by atoms with Gasteiger partial charge in [0, 0.05) is 19.6 Å². The Hall–Kier alpha value is 0.310. The molecule has 1 aliphatic rings. The van der Waals surface area contributed by atoms with Crippen LogP contribution in [0.15, 0.2) is 0 Å². The van der Waals surface area contributed by atoms with Crippen molar-refractivity contribution < 1.29 is 4.84 Å². The van der Waals surface area contributed by atoms with Crippen LogP contribution in [-0.4, -0.2) is 43.0 Å². The van der Waals surface area contributed by atoms with Crippen LogP contribution in [-0.2, 0) is 4.84 Å². The summed E-state index contributed by atoms with van der Waals surface area (Å²) in [6, 6.07) is 0. The lowest BCUT2D eigenvalue weighted by atomic mass is 10.5. The van der Waals surface area contributed by atoms with Gasteiger partial charge >= 0.3 is 0 Å². The van der Waals surface area contributed by atoms with Crippen LogP contribution in [0, 0.1) is 0 Å². The predicted octanol–water partition coefficient (Wildman–Crippen LogP) is -0.0445. The summed E-state index contributed by atoms with van der Waals surface area (Å²) in [5, 5.41) is 0. The average molecular weight is 148 g/mol. The Morgan fingerprint density at radius 2 is 2.11 bits per heavy atom. The lowest BCUT2D eigenvalue weighted by Gasteiger charge is -2.11. The van der Waals surface area contributed by atoms with E-state index in [2.05, 4.69) is 21.3 Å². The number of hydroxylamine groups is 1. The van der Waals surface area contributed by atoms with Crippen LogP contribution in [0.3, 0.4) is 0 Å². The van der Waals surface area contributed by atoms with Gasteiger partial charge in [-0.2, -0.15) is 4.83 Å². The summed E-state index contributed by atoms with van der Waals surface area (Å²) in [4.78, 5) is 9.29. The molecule has 1 aliphatic heterocycles. The van der Waals surface area contributed by atoms with Crippen molar-refractivity contribution in [1.82, 2.24) is 9.73 Å². The summed E-state index contributed by atoms with van der Waals surface area (Å²) in [5.41, 5.74) is 0. The van der Waals surface area contributed by atoms with Gasteiger partial charge in [0.2, 0.25) is 0 Å². The zero-order valence-electron chi connectivity index (χ0n) is 5.71. The van der Waals surface area contributed by atoms with Crippen LogP contribution in [0.25, 0.3) is 0 Å². The summed E-state index contributed by atoms with van der Waals surface area (Å²) in [5.74, 6) is 0.